The van der Waals surface area contributed by atoms with E-state index in [-0.39, 0.29) is 29.5 Å². The van der Waals surface area contributed by atoms with E-state index in [0.29, 0.717) is 23.4 Å². The monoisotopic (exact) mass is 550 g/mol. The third-order valence-corrected chi connectivity index (χ3v) is 7.18. The van der Waals surface area contributed by atoms with Crippen molar-refractivity contribution in [2.24, 2.45) is 5.92 Å². The highest BCUT2D eigenvalue weighted by molar-refractivity contribution is 5.83. The molecule has 1 unspecified atom stereocenters. The van der Waals surface area contributed by atoms with Crippen molar-refractivity contribution in [2.75, 3.05) is 6.54 Å². The zero-order valence-corrected chi connectivity index (χ0v) is 21.4. The molecule has 0 saturated heterocycles. The third kappa shape index (κ3) is 4.91. The van der Waals surface area contributed by atoms with E-state index in [1.165, 1.54) is 29.9 Å². The Balaban J connectivity index is 1.66. The van der Waals surface area contributed by atoms with Crippen molar-refractivity contribution in [1.82, 2.24) is 24.2 Å². The maximum atomic E-state index is 13.8. The van der Waals surface area contributed by atoms with Crippen molar-refractivity contribution in [3.63, 3.8) is 0 Å². The second kappa shape index (κ2) is 10.5. The molecule has 0 bridgehead atoms. The fourth-order valence-corrected chi connectivity index (χ4v) is 5.14. The molecule has 2 aromatic heterocycles. The number of alkyl halides is 3. The van der Waals surface area contributed by atoms with Crippen molar-refractivity contribution < 1.29 is 23.1 Å². The first-order valence-electron chi connectivity index (χ1n) is 12.6. The standard InChI is InChI=1S/C28H25F3N6O3/c1-17-25(23-12-13-34-37(23)21-10-8-18(15-32)9-11-21)36(26(39)33-16-19-4-2-7-24(19)38)27(40)35(17)22-6-3-5-20(14-22)28(29,30)31/h3,5-6,8-14,19,24,38H,2,4,7,16H2,1H3,(H,33,39)/t19?,24-/m1/s1. The van der Waals surface area contributed by atoms with E-state index in [9.17, 15) is 27.9 Å². The number of aliphatic hydroxyl groups is 1. The molecule has 1 aliphatic rings. The predicted octanol–water partition coefficient (Wildman–Crippen LogP) is 4.41. The number of imidazole rings is 1. The van der Waals surface area contributed by atoms with E-state index in [2.05, 4.69) is 10.4 Å². The predicted molar refractivity (Wildman–Crippen MR) is 139 cm³/mol. The molecule has 12 heteroatoms. The first-order valence-corrected chi connectivity index (χ1v) is 12.6. The summed E-state index contributed by atoms with van der Waals surface area (Å²) in [5.74, 6) is -0.168. The molecule has 9 nitrogen and oxygen atoms in total. The van der Waals surface area contributed by atoms with E-state index in [0.717, 1.165) is 34.1 Å². The Hall–Kier alpha value is -4.63. The van der Waals surface area contributed by atoms with Gasteiger partial charge in [-0.25, -0.2) is 18.8 Å². The maximum Gasteiger partial charge on any atom is 0.416 e. The van der Waals surface area contributed by atoms with Crippen LogP contribution in [0.5, 0.6) is 0 Å². The number of hydrogen-bond acceptors (Lipinski definition) is 5. The van der Waals surface area contributed by atoms with Crippen LogP contribution in [0.1, 0.15) is 36.1 Å². The van der Waals surface area contributed by atoms with E-state index in [4.69, 9.17) is 5.26 Å². The van der Waals surface area contributed by atoms with Gasteiger partial charge in [-0.3, -0.25) is 4.57 Å². The van der Waals surface area contributed by atoms with Gasteiger partial charge < -0.3 is 10.4 Å². The Morgan fingerprint density at radius 2 is 1.90 bits per heavy atom. The number of aromatic nitrogens is 4. The van der Waals surface area contributed by atoms with Gasteiger partial charge in [-0.1, -0.05) is 12.5 Å². The number of hydrogen-bond donors (Lipinski definition) is 2. The minimum atomic E-state index is -4.63. The lowest BCUT2D eigenvalue weighted by Gasteiger charge is -2.16. The number of nitrogens with zero attached hydrogens (tertiary/aromatic N) is 5. The van der Waals surface area contributed by atoms with E-state index < -0.39 is 29.6 Å². The number of nitrogens with one attached hydrogen (secondary N) is 1. The van der Waals surface area contributed by atoms with Gasteiger partial charge in [0, 0.05) is 12.5 Å². The Morgan fingerprint density at radius 1 is 1.15 bits per heavy atom. The lowest BCUT2D eigenvalue weighted by atomic mass is 10.1. The summed E-state index contributed by atoms with van der Waals surface area (Å²) in [6.07, 6.45) is -1.56. The second-order valence-corrected chi connectivity index (χ2v) is 9.67. The fraction of sp³-hybridized carbons (Fsp3) is 0.286. The van der Waals surface area contributed by atoms with Crippen LogP contribution in [-0.4, -0.2) is 42.7 Å². The Bertz CT molecular complexity index is 1660. The summed E-state index contributed by atoms with van der Waals surface area (Å²) < 4.78 is 43.9. The summed E-state index contributed by atoms with van der Waals surface area (Å²) in [7, 11) is 0. The normalized spacial score (nSPS) is 17.1. The average molecular weight is 551 g/mol. The average Bonchev–Trinajstić information content (AvgIpc) is 3.64. The second-order valence-electron chi connectivity index (χ2n) is 9.67. The molecule has 4 aromatic rings. The molecule has 5 rings (SSSR count). The molecule has 1 fully saturated rings. The van der Waals surface area contributed by atoms with Gasteiger partial charge in [-0.2, -0.15) is 23.5 Å². The van der Waals surface area contributed by atoms with Gasteiger partial charge in [0.25, 0.3) is 0 Å². The van der Waals surface area contributed by atoms with Crippen LogP contribution >= 0.6 is 0 Å². The summed E-state index contributed by atoms with van der Waals surface area (Å²) in [5, 5.41) is 26.4. The number of aliphatic hydroxyl groups excluding tert-OH is 1. The van der Waals surface area contributed by atoms with Gasteiger partial charge in [0.05, 0.1) is 52.3 Å². The van der Waals surface area contributed by atoms with Crippen LogP contribution in [0.2, 0.25) is 0 Å². The SMILES string of the molecule is Cc1c(-c2ccnn2-c2ccc(C#N)cc2)n(C(=O)NCC2CCC[C@H]2O)c(=O)n1-c1cccc(C(F)(F)F)c1. The van der Waals surface area contributed by atoms with Crippen LogP contribution in [-0.2, 0) is 6.18 Å². The number of carbonyl (C=O) groups is 1. The quantitative estimate of drug-likeness (QED) is 0.382. The summed E-state index contributed by atoms with van der Waals surface area (Å²) in [6.45, 7) is 1.67. The van der Waals surface area contributed by atoms with Crippen molar-refractivity contribution in [3.05, 3.63) is 88.1 Å². The fourth-order valence-electron chi connectivity index (χ4n) is 5.14. The van der Waals surface area contributed by atoms with Gasteiger partial charge in [0.2, 0.25) is 0 Å². The van der Waals surface area contributed by atoms with Crippen molar-refractivity contribution in [3.8, 4) is 28.8 Å². The third-order valence-electron chi connectivity index (χ3n) is 7.18. The van der Waals surface area contributed by atoms with Gasteiger partial charge in [-0.05, 0) is 68.3 Å². The topological polar surface area (TPSA) is 118 Å². The van der Waals surface area contributed by atoms with E-state index in [1.807, 2.05) is 6.07 Å². The Morgan fingerprint density at radius 3 is 2.55 bits per heavy atom. The largest absolute Gasteiger partial charge is 0.416 e. The Labute approximate surface area is 226 Å². The summed E-state index contributed by atoms with van der Waals surface area (Å²) in [4.78, 5) is 27.3. The van der Waals surface area contributed by atoms with Crippen LogP contribution in [0.25, 0.3) is 22.8 Å². The molecule has 0 radical (unpaired) electrons. The first kappa shape index (κ1) is 27.0. The molecule has 206 valence electrons. The maximum absolute atomic E-state index is 13.8. The smallest absolute Gasteiger partial charge is 0.393 e. The minimum absolute atomic E-state index is 0.0548. The zero-order chi connectivity index (χ0) is 28.6. The molecule has 1 saturated carbocycles. The van der Waals surface area contributed by atoms with Crippen LogP contribution < -0.4 is 11.0 Å². The molecule has 2 atom stereocenters. The molecular weight excluding hydrogens is 525 g/mol. The summed E-state index contributed by atoms with van der Waals surface area (Å²) >= 11 is 0. The van der Waals surface area contributed by atoms with E-state index >= 15 is 0 Å². The molecule has 2 N–H and O–H groups in total. The molecule has 0 aliphatic heterocycles. The van der Waals surface area contributed by atoms with Crippen LogP contribution in [0.3, 0.4) is 0 Å². The molecular formula is C28H25F3N6O3. The van der Waals surface area contributed by atoms with Gasteiger partial charge in [-0.15, -0.1) is 0 Å². The molecule has 1 aliphatic carbocycles. The lowest BCUT2D eigenvalue weighted by molar-refractivity contribution is -0.137. The molecule has 1 amide bonds. The summed E-state index contributed by atoms with van der Waals surface area (Å²) in [6, 6.07) is 13.6. The van der Waals surface area contributed by atoms with Crippen LogP contribution in [0, 0.1) is 24.2 Å². The highest BCUT2D eigenvalue weighted by Crippen LogP contribution is 2.32. The lowest BCUT2D eigenvalue weighted by Crippen LogP contribution is -2.40. The van der Waals surface area contributed by atoms with Gasteiger partial charge >= 0.3 is 17.9 Å². The van der Waals surface area contributed by atoms with Crippen LogP contribution in [0.4, 0.5) is 18.0 Å². The minimum Gasteiger partial charge on any atom is -0.393 e. The van der Waals surface area contributed by atoms with Crippen molar-refractivity contribution in [2.45, 2.75) is 38.5 Å². The first-order chi connectivity index (χ1) is 19.1. The molecule has 2 aromatic carbocycles. The Kier molecular flexibility index (Phi) is 7.08. The van der Waals surface area contributed by atoms with Crippen LogP contribution in [0.15, 0.2) is 65.6 Å². The van der Waals surface area contributed by atoms with Crippen molar-refractivity contribution in [1.29, 1.82) is 5.26 Å². The zero-order valence-electron chi connectivity index (χ0n) is 21.4. The molecule has 40 heavy (non-hydrogen) atoms. The van der Waals surface area contributed by atoms with E-state index in [1.54, 1.807) is 30.3 Å². The number of benzene rings is 2. The van der Waals surface area contributed by atoms with Crippen molar-refractivity contribution >= 4 is 6.03 Å². The highest BCUT2D eigenvalue weighted by atomic mass is 19.4. The number of nitriles is 1. The number of halogens is 3. The number of carbonyl (C=O) groups excluding carboxylic acids is 1. The number of rotatable bonds is 5. The summed E-state index contributed by atoms with van der Waals surface area (Å²) in [5.41, 5.74) is -0.198. The molecule has 2 heterocycles. The van der Waals surface area contributed by atoms with Gasteiger partial charge in [0.1, 0.15) is 5.69 Å². The van der Waals surface area contributed by atoms with Gasteiger partial charge in [0.15, 0.2) is 0 Å². The molecule has 0 spiro atoms. The number of amides is 1. The highest BCUT2D eigenvalue weighted by Gasteiger charge is 2.32.